The van der Waals surface area contributed by atoms with E-state index in [0.29, 0.717) is 24.3 Å². The van der Waals surface area contributed by atoms with Gasteiger partial charge in [-0.25, -0.2) is 9.07 Å². The van der Waals surface area contributed by atoms with Gasteiger partial charge in [0.2, 0.25) is 0 Å². The summed E-state index contributed by atoms with van der Waals surface area (Å²) in [5.41, 5.74) is 4.55. The topological polar surface area (TPSA) is 83.0 Å². The average molecular weight is 564 g/mol. The molecule has 1 saturated heterocycles. The lowest BCUT2D eigenvalue weighted by atomic mass is 10.1. The summed E-state index contributed by atoms with van der Waals surface area (Å²) in [7, 11) is 0. The fourth-order valence-electron chi connectivity index (χ4n) is 5.46. The van der Waals surface area contributed by atoms with Crippen LogP contribution in [0.15, 0.2) is 90.2 Å². The van der Waals surface area contributed by atoms with Gasteiger partial charge in [-0.05, 0) is 60.5 Å². The number of nitrogens with zero attached hydrogens (tertiary/aromatic N) is 7. The lowest BCUT2D eigenvalue weighted by Gasteiger charge is -2.26. The highest BCUT2D eigenvalue weighted by Gasteiger charge is 2.12. The van der Waals surface area contributed by atoms with Crippen molar-refractivity contribution in [2.45, 2.75) is 19.5 Å². The molecule has 0 unspecified atom stereocenters. The lowest BCUT2D eigenvalue weighted by molar-refractivity contribution is 0.0360. The largest absolute Gasteiger partial charge is 0.379 e. The number of pyridine rings is 1. The van der Waals surface area contributed by atoms with Crippen LogP contribution < -0.4 is 5.56 Å². The Labute approximate surface area is 241 Å². The number of rotatable bonds is 8. The van der Waals surface area contributed by atoms with Gasteiger partial charge in [0.25, 0.3) is 5.56 Å². The number of morpholine rings is 1. The van der Waals surface area contributed by atoms with Crippen LogP contribution in [0.25, 0.3) is 38.8 Å². The molecule has 9 nitrogen and oxygen atoms in total. The molecule has 5 heterocycles. The molecule has 42 heavy (non-hydrogen) atoms. The summed E-state index contributed by atoms with van der Waals surface area (Å²) >= 11 is 0. The third-order valence-electron chi connectivity index (χ3n) is 7.83. The second-order valence-electron chi connectivity index (χ2n) is 10.6. The van der Waals surface area contributed by atoms with Crippen LogP contribution in [-0.2, 0) is 24.2 Å². The van der Waals surface area contributed by atoms with E-state index in [4.69, 9.17) is 4.74 Å². The molecule has 0 radical (unpaired) electrons. The van der Waals surface area contributed by atoms with Crippen molar-refractivity contribution < 1.29 is 9.13 Å². The number of benzene rings is 2. The Hall–Kier alpha value is -4.67. The zero-order valence-corrected chi connectivity index (χ0v) is 23.1. The van der Waals surface area contributed by atoms with E-state index in [1.807, 2.05) is 41.5 Å². The third-order valence-corrected chi connectivity index (χ3v) is 7.83. The molecule has 0 bridgehead atoms. The number of ether oxygens (including phenoxy) is 1. The first-order chi connectivity index (χ1) is 20.6. The van der Waals surface area contributed by atoms with E-state index < -0.39 is 0 Å². The molecule has 0 atom stereocenters. The maximum absolute atomic E-state index is 13.9. The summed E-state index contributed by atoms with van der Waals surface area (Å²) in [6.45, 7) is 5.71. The molecular weight excluding hydrogens is 533 g/mol. The Morgan fingerprint density at radius 1 is 0.857 bits per heavy atom. The number of aryl methyl sites for hydroxylation is 2. The van der Waals surface area contributed by atoms with Crippen molar-refractivity contribution in [1.29, 1.82) is 0 Å². The molecule has 0 spiro atoms. The van der Waals surface area contributed by atoms with Gasteiger partial charge in [-0.3, -0.25) is 23.9 Å². The molecule has 0 saturated carbocycles. The van der Waals surface area contributed by atoms with Crippen LogP contribution in [-0.4, -0.2) is 66.9 Å². The van der Waals surface area contributed by atoms with E-state index in [1.165, 1.54) is 22.9 Å². The molecule has 4 aromatic heterocycles. The van der Waals surface area contributed by atoms with Crippen LogP contribution in [0.3, 0.4) is 0 Å². The Morgan fingerprint density at radius 3 is 2.67 bits per heavy atom. The van der Waals surface area contributed by atoms with E-state index in [-0.39, 0.29) is 11.4 Å². The molecular formula is C32H30FN7O2. The van der Waals surface area contributed by atoms with Gasteiger partial charge >= 0.3 is 0 Å². The smallest absolute Gasteiger partial charge is 0.266 e. The molecule has 7 rings (SSSR count). The summed E-state index contributed by atoms with van der Waals surface area (Å²) in [6.07, 6.45) is 8.30. The monoisotopic (exact) mass is 563 g/mol. The van der Waals surface area contributed by atoms with Crippen molar-refractivity contribution in [3.8, 4) is 16.9 Å². The SMILES string of the molecule is O=c1ccc(-n2ccc3ccc(F)cc32)nn1CCc1ccc2ncc(-c3cnn(CCN4CCOCC4)c3)cc2c1. The summed E-state index contributed by atoms with van der Waals surface area (Å²) in [4.78, 5) is 19.7. The molecule has 1 aliphatic rings. The predicted octanol–water partition coefficient (Wildman–Crippen LogP) is 4.31. The quantitative estimate of drug-likeness (QED) is 0.275. The Bertz CT molecular complexity index is 1940. The van der Waals surface area contributed by atoms with E-state index >= 15 is 0 Å². The van der Waals surface area contributed by atoms with Crippen molar-refractivity contribution in [3.05, 3.63) is 107 Å². The van der Waals surface area contributed by atoms with Crippen LogP contribution in [0.2, 0.25) is 0 Å². The Morgan fingerprint density at radius 2 is 1.76 bits per heavy atom. The van der Waals surface area contributed by atoms with Crippen LogP contribution in [0.4, 0.5) is 4.39 Å². The Kier molecular flexibility index (Phi) is 7.06. The summed E-state index contributed by atoms with van der Waals surface area (Å²) < 4.78 is 24.6. The van der Waals surface area contributed by atoms with Crippen molar-refractivity contribution in [1.82, 2.24) is 34.0 Å². The van der Waals surface area contributed by atoms with Crippen LogP contribution in [0.1, 0.15) is 5.56 Å². The first-order valence-electron chi connectivity index (χ1n) is 14.2. The molecule has 1 fully saturated rings. The molecule has 2 aromatic carbocycles. The molecule has 0 aliphatic carbocycles. The van der Waals surface area contributed by atoms with Crippen molar-refractivity contribution in [2.75, 3.05) is 32.8 Å². The van der Waals surface area contributed by atoms with Gasteiger partial charge in [0.15, 0.2) is 5.82 Å². The maximum atomic E-state index is 13.9. The molecule has 0 N–H and O–H groups in total. The van der Waals surface area contributed by atoms with E-state index in [2.05, 4.69) is 38.4 Å². The summed E-state index contributed by atoms with van der Waals surface area (Å²) in [6, 6.07) is 18.0. The molecule has 1 aliphatic heterocycles. The fourth-order valence-corrected chi connectivity index (χ4v) is 5.46. The van der Waals surface area contributed by atoms with E-state index in [1.54, 1.807) is 16.7 Å². The maximum Gasteiger partial charge on any atom is 0.266 e. The third kappa shape index (κ3) is 5.46. The number of hydrogen-bond donors (Lipinski definition) is 0. The van der Waals surface area contributed by atoms with Crippen molar-refractivity contribution in [2.24, 2.45) is 0 Å². The number of fused-ring (bicyclic) bond motifs is 2. The Balaban J connectivity index is 1.07. The fraction of sp³-hybridized carbons (Fsp3) is 0.250. The molecule has 10 heteroatoms. The normalized spacial score (nSPS) is 14.2. The first-order valence-corrected chi connectivity index (χ1v) is 14.2. The highest BCUT2D eigenvalue weighted by atomic mass is 19.1. The van der Waals surface area contributed by atoms with Gasteiger partial charge < -0.3 is 4.74 Å². The predicted molar refractivity (Wildman–Crippen MR) is 159 cm³/mol. The molecule has 6 aromatic rings. The zero-order chi connectivity index (χ0) is 28.5. The second-order valence-corrected chi connectivity index (χ2v) is 10.6. The molecule has 0 amide bonds. The van der Waals surface area contributed by atoms with Crippen molar-refractivity contribution >= 4 is 21.8 Å². The van der Waals surface area contributed by atoms with E-state index in [9.17, 15) is 9.18 Å². The molecule has 212 valence electrons. The summed E-state index contributed by atoms with van der Waals surface area (Å²) in [5.74, 6) is 0.246. The van der Waals surface area contributed by atoms with Gasteiger partial charge in [-0.15, -0.1) is 0 Å². The zero-order valence-electron chi connectivity index (χ0n) is 23.1. The number of halogens is 1. The van der Waals surface area contributed by atoms with E-state index in [0.717, 1.165) is 72.4 Å². The van der Waals surface area contributed by atoms with Crippen LogP contribution >= 0.6 is 0 Å². The number of aromatic nitrogens is 6. The first kappa shape index (κ1) is 26.2. The average Bonchev–Trinajstić information content (AvgIpc) is 3.67. The lowest BCUT2D eigenvalue weighted by Crippen LogP contribution is -2.38. The van der Waals surface area contributed by atoms with Gasteiger partial charge in [-0.2, -0.15) is 10.2 Å². The minimum Gasteiger partial charge on any atom is -0.379 e. The minimum atomic E-state index is -0.317. The van der Waals surface area contributed by atoms with Gasteiger partial charge in [0, 0.05) is 72.7 Å². The standard InChI is InChI=1S/C32H30FN7O2/c33-28-3-2-24-8-9-39(30(24)19-28)31-5-6-32(41)40(36-31)10-7-23-1-4-29-25(17-23)18-26(20-34-29)27-21-35-38(22-27)12-11-37-13-15-42-16-14-37/h1-6,8-9,17-22H,7,10-16H2. The second kappa shape index (κ2) is 11.3. The van der Waals surface area contributed by atoms with Gasteiger partial charge in [0.05, 0.1) is 37.0 Å². The number of hydrogen-bond acceptors (Lipinski definition) is 6. The van der Waals surface area contributed by atoms with Crippen LogP contribution in [0.5, 0.6) is 0 Å². The van der Waals surface area contributed by atoms with Gasteiger partial charge in [-0.1, -0.05) is 6.07 Å². The van der Waals surface area contributed by atoms with Gasteiger partial charge in [0.1, 0.15) is 5.82 Å². The van der Waals surface area contributed by atoms with Crippen molar-refractivity contribution in [3.63, 3.8) is 0 Å². The summed E-state index contributed by atoms with van der Waals surface area (Å²) in [5, 5.41) is 11.1. The minimum absolute atomic E-state index is 0.184. The highest BCUT2D eigenvalue weighted by molar-refractivity contribution is 5.84. The van der Waals surface area contributed by atoms with Crippen LogP contribution in [0, 0.1) is 5.82 Å². The highest BCUT2D eigenvalue weighted by Crippen LogP contribution is 2.24.